The Labute approximate surface area is 137 Å². The monoisotopic (exact) mass is 312 g/mol. The van der Waals surface area contributed by atoms with Crippen LogP contribution in [-0.2, 0) is 17.7 Å². The molecule has 0 spiro atoms. The smallest absolute Gasteiger partial charge is 0.0947 e. The molecular formula is C19H24N2O2. The summed E-state index contributed by atoms with van der Waals surface area (Å²) < 4.78 is 11.5. The number of hydrogen-bond acceptors (Lipinski definition) is 4. The maximum atomic E-state index is 6.28. The highest BCUT2D eigenvalue weighted by Crippen LogP contribution is 2.32. The lowest BCUT2D eigenvalue weighted by Crippen LogP contribution is -2.38. The zero-order valence-corrected chi connectivity index (χ0v) is 13.4. The summed E-state index contributed by atoms with van der Waals surface area (Å²) in [7, 11) is 0. The maximum Gasteiger partial charge on any atom is 0.0947 e. The standard InChI is InChI=1S/C19H24N2O2/c1-2-16(11-20-7-1)10-18-19(23-14-15-3-4-15)5-8-21(18)12-17-6-9-22-13-17/h1-2,6-7,9,11,13,15,18-19H,3-5,8,10,12,14H2/t18-,19-/m1/s1. The van der Waals surface area contributed by atoms with Crippen LogP contribution in [-0.4, -0.2) is 35.2 Å². The van der Waals surface area contributed by atoms with Crippen LogP contribution in [0.25, 0.3) is 0 Å². The van der Waals surface area contributed by atoms with E-state index in [1.165, 1.54) is 24.0 Å². The second kappa shape index (κ2) is 6.85. The molecule has 0 amide bonds. The summed E-state index contributed by atoms with van der Waals surface area (Å²) in [4.78, 5) is 6.80. The molecule has 0 radical (unpaired) electrons. The zero-order chi connectivity index (χ0) is 15.5. The fraction of sp³-hybridized carbons (Fsp3) is 0.526. The van der Waals surface area contributed by atoms with Gasteiger partial charge in [-0.25, -0.2) is 0 Å². The van der Waals surface area contributed by atoms with Crippen molar-refractivity contribution >= 4 is 0 Å². The number of nitrogens with zero attached hydrogens (tertiary/aromatic N) is 2. The van der Waals surface area contributed by atoms with Crippen LogP contribution >= 0.6 is 0 Å². The molecular weight excluding hydrogens is 288 g/mol. The molecule has 4 nitrogen and oxygen atoms in total. The van der Waals surface area contributed by atoms with Crippen molar-refractivity contribution in [1.29, 1.82) is 0 Å². The Balaban J connectivity index is 1.45. The lowest BCUT2D eigenvalue weighted by Gasteiger charge is -2.28. The van der Waals surface area contributed by atoms with Crippen LogP contribution in [0, 0.1) is 5.92 Å². The van der Waals surface area contributed by atoms with Gasteiger partial charge in [-0.05, 0) is 49.3 Å². The molecule has 2 aliphatic rings. The van der Waals surface area contributed by atoms with Gasteiger partial charge in [-0.3, -0.25) is 9.88 Å². The average molecular weight is 312 g/mol. The summed E-state index contributed by atoms with van der Waals surface area (Å²) >= 11 is 0. The summed E-state index contributed by atoms with van der Waals surface area (Å²) in [5, 5.41) is 0. The quantitative estimate of drug-likeness (QED) is 0.786. The van der Waals surface area contributed by atoms with E-state index in [2.05, 4.69) is 22.0 Å². The number of ether oxygens (including phenoxy) is 1. The lowest BCUT2D eigenvalue weighted by atomic mass is 10.0. The molecule has 2 aromatic heterocycles. The molecule has 1 aliphatic heterocycles. The molecule has 23 heavy (non-hydrogen) atoms. The van der Waals surface area contributed by atoms with Crippen LogP contribution < -0.4 is 0 Å². The van der Waals surface area contributed by atoms with E-state index in [1.807, 2.05) is 24.7 Å². The van der Waals surface area contributed by atoms with E-state index in [-0.39, 0.29) is 0 Å². The number of likely N-dealkylation sites (tertiary alicyclic amines) is 1. The predicted octanol–water partition coefficient (Wildman–Crippen LogP) is 3.29. The minimum absolute atomic E-state index is 0.336. The highest BCUT2D eigenvalue weighted by Gasteiger charge is 2.36. The summed E-state index contributed by atoms with van der Waals surface area (Å²) in [6.07, 6.45) is 12.6. The van der Waals surface area contributed by atoms with Gasteiger partial charge < -0.3 is 9.15 Å². The van der Waals surface area contributed by atoms with Crippen molar-refractivity contribution in [2.75, 3.05) is 13.2 Å². The maximum absolute atomic E-state index is 6.28. The molecule has 2 aromatic rings. The van der Waals surface area contributed by atoms with E-state index >= 15 is 0 Å². The summed E-state index contributed by atoms with van der Waals surface area (Å²) in [6, 6.07) is 6.66. The molecule has 0 aromatic carbocycles. The third-order valence-corrected chi connectivity index (χ3v) is 4.98. The highest BCUT2D eigenvalue weighted by atomic mass is 16.5. The van der Waals surface area contributed by atoms with E-state index in [1.54, 1.807) is 6.26 Å². The molecule has 4 heteroatoms. The second-order valence-corrected chi connectivity index (χ2v) is 6.84. The third-order valence-electron chi connectivity index (χ3n) is 4.98. The van der Waals surface area contributed by atoms with Crippen molar-refractivity contribution in [2.24, 2.45) is 5.92 Å². The van der Waals surface area contributed by atoms with Gasteiger partial charge in [-0.15, -0.1) is 0 Å². The first-order valence-electron chi connectivity index (χ1n) is 8.64. The number of aromatic nitrogens is 1. The number of pyridine rings is 1. The van der Waals surface area contributed by atoms with Gasteiger partial charge in [0.15, 0.2) is 0 Å². The Morgan fingerprint density at radius 1 is 1.22 bits per heavy atom. The second-order valence-electron chi connectivity index (χ2n) is 6.84. The summed E-state index contributed by atoms with van der Waals surface area (Å²) in [5.41, 5.74) is 2.53. The molecule has 0 unspecified atom stereocenters. The first-order valence-corrected chi connectivity index (χ1v) is 8.64. The minimum Gasteiger partial charge on any atom is -0.472 e. The Bertz CT molecular complexity index is 595. The molecule has 122 valence electrons. The molecule has 1 aliphatic carbocycles. The van der Waals surface area contributed by atoms with Gasteiger partial charge in [-0.2, -0.15) is 0 Å². The van der Waals surface area contributed by atoms with Crippen LogP contribution in [0.15, 0.2) is 47.5 Å². The van der Waals surface area contributed by atoms with Crippen molar-refractivity contribution in [3.8, 4) is 0 Å². The first kappa shape index (κ1) is 14.9. The van der Waals surface area contributed by atoms with Gasteiger partial charge >= 0.3 is 0 Å². The first-order chi connectivity index (χ1) is 11.4. The molecule has 1 saturated carbocycles. The number of furan rings is 1. The lowest BCUT2D eigenvalue weighted by molar-refractivity contribution is 0.0196. The normalized spacial score (nSPS) is 25.0. The fourth-order valence-electron chi connectivity index (χ4n) is 3.46. The highest BCUT2D eigenvalue weighted by molar-refractivity contribution is 5.13. The molecule has 2 fully saturated rings. The van der Waals surface area contributed by atoms with E-state index in [4.69, 9.17) is 9.15 Å². The van der Waals surface area contributed by atoms with E-state index < -0.39 is 0 Å². The predicted molar refractivity (Wildman–Crippen MR) is 87.9 cm³/mol. The van der Waals surface area contributed by atoms with Crippen LogP contribution in [0.5, 0.6) is 0 Å². The van der Waals surface area contributed by atoms with E-state index in [0.29, 0.717) is 12.1 Å². The van der Waals surface area contributed by atoms with Gasteiger partial charge in [0.25, 0.3) is 0 Å². The van der Waals surface area contributed by atoms with Gasteiger partial charge in [0.2, 0.25) is 0 Å². The van der Waals surface area contributed by atoms with Crippen molar-refractivity contribution in [1.82, 2.24) is 9.88 Å². The molecule has 0 N–H and O–H groups in total. The molecule has 4 rings (SSSR count). The van der Waals surface area contributed by atoms with Crippen LogP contribution in [0.2, 0.25) is 0 Å². The van der Waals surface area contributed by atoms with Gasteiger partial charge in [0.05, 0.1) is 18.6 Å². The third kappa shape index (κ3) is 3.82. The molecule has 1 saturated heterocycles. The Hall–Kier alpha value is -1.65. The Morgan fingerprint density at radius 2 is 2.17 bits per heavy atom. The summed E-state index contributed by atoms with van der Waals surface area (Å²) in [5.74, 6) is 0.817. The van der Waals surface area contributed by atoms with Crippen molar-refractivity contribution in [2.45, 2.75) is 44.4 Å². The topological polar surface area (TPSA) is 38.5 Å². The van der Waals surface area contributed by atoms with Gasteiger partial charge in [-0.1, -0.05) is 6.07 Å². The largest absolute Gasteiger partial charge is 0.472 e. The van der Waals surface area contributed by atoms with Crippen LogP contribution in [0.3, 0.4) is 0 Å². The Kier molecular flexibility index (Phi) is 4.44. The van der Waals surface area contributed by atoms with E-state index in [0.717, 1.165) is 38.5 Å². The average Bonchev–Trinajstić information content (AvgIpc) is 3.13. The van der Waals surface area contributed by atoms with Crippen LogP contribution in [0.1, 0.15) is 30.4 Å². The van der Waals surface area contributed by atoms with E-state index in [9.17, 15) is 0 Å². The van der Waals surface area contributed by atoms with Crippen molar-refractivity contribution in [3.05, 3.63) is 54.2 Å². The van der Waals surface area contributed by atoms with Crippen molar-refractivity contribution in [3.63, 3.8) is 0 Å². The van der Waals surface area contributed by atoms with Gasteiger partial charge in [0.1, 0.15) is 0 Å². The molecule has 2 atom stereocenters. The number of rotatable bonds is 7. The minimum atomic E-state index is 0.336. The zero-order valence-electron chi connectivity index (χ0n) is 13.4. The number of hydrogen-bond donors (Lipinski definition) is 0. The Morgan fingerprint density at radius 3 is 2.91 bits per heavy atom. The fourth-order valence-corrected chi connectivity index (χ4v) is 3.46. The van der Waals surface area contributed by atoms with Gasteiger partial charge in [0, 0.05) is 43.7 Å². The summed E-state index contributed by atoms with van der Waals surface area (Å²) in [6.45, 7) is 2.96. The molecule has 3 heterocycles. The SMILES string of the molecule is c1cncc(C[C@@H]2[C@H](OCC3CC3)CCN2Cc2ccoc2)c1. The van der Waals surface area contributed by atoms with Crippen molar-refractivity contribution < 1.29 is 9.15 Å². The molecule has 0 bridgehead atoms. The van der Waals surface area contributed by atoms with Crippen LogP contribution in [0.4, 0.5) is 0 Å².